The molecule has 0 fully saturated rings. The number of para-hydroxylation sites is 1. The number of carbonyl (C=O) groups excluding carboxylic acids is 2. The molecule has 0 aliphatic carbocycles. The van der Waals surface area contributed by atoms with Gasteiger partial charge in [-0.15, -0.1) is 0 Å². The Balaban J connectivity index is 1.80. The Hall–Kier alpha value is -3.56. The van der Waals surface area contributed by atoms with Crippen molar-refractivity contribution < 1.29 is 27.5 Å². The van der Waals surface area contributed by atoms with Crippen LogP contribution in [0.15, 0.2) is 72.8 Å². The maximum Gasteiger partial charge on any atom is 0.339 e. The summed E-state index contributed by atoms with van der Waals surface area (Å²) in [6.07, 6.45) is 1.02. The zero-order chi connectivity index (χ0) is 25.6. The molecule has 1 amide bonds. The fourth-order valence-corrected chi connectivity index (χ4v) is 4.68. The van der Waals surface area contributed by atoms with Gasteiger partial charge in [-0.25, -0.2) is 13.2 Å². The van der Waals surface area contributed by atoms with Crippen molar-refractivity contribution in [2.45, 2.75) is 19.9 Å². The summed E-state index contributed by atoms with van der Waals surface area (Å²) in [5.74, 6) is -0.0781. The zero-order valence-electron chi connectivity index (χ0n) is 19.4. The molecule has 3 aromatic rings. The quantitative estimate of drug-likeness (QED) is 0.397. The molecule has 184 valence electrons. The lowest BCUT2D eigenvalue weighted by atomic mass is 10.2. The summed E-state index contributed by atoms with van der Waals surface area (Å²) in [7, 11) is -3.83. The highest BCUT2D eigenvalue weighted by molar-refractivity contribution is 7.92. The van der Waals surface area contributed by atoms with E-state index in [-0.39, 0.29) is 22.9 Å². The number of ether oxygens (including phenoxy) is 2. The molecule has 0 heterocycles. The van der Waals surface area contributed by atoms with Gasteiger partial charge in [-0.3, -0.25) is 9.10 Å². The van der Waals surface area contributed by atoms with Crippen LogP contribution in [0.2, 0.25) is 5.02 Å². The second kappa shape index (κ2) is 11.2. The van der Waals surface area contributed by atoms with Gasteiger partial charge in [0.2, 0.25) is 15.9 Å². The zero-order valence-corrected chi connectivity index (χ0v) is 21.0. The van der Waals surface area contributed by atoms with Crippen LogP contribution in [0.3, 0.4) is 0 Å². The van der Waals surface area contributed by atoms with Crippen molar-refractivity contribution in [2.24, 2.45) is 0 Å². The second-order valence-corrected chi connectivity index (χ2v) is 9.81. The van der Waals surface area contributed by atoms with Crippen LogP contribution in [-0.4, -0.2) is 39.2 Å². The number of hydrogen-bond donors (Lipinski definition) is 1. The highest BCUT2D eigenvalue weighted by atomic mass is 35.5. The Labute approximate surface area is 209 Å². The molecule has 0 aliphatic heterocycles. The molecule has 8 nitrogen and oxygen atoms in total. The average Bonchev–Trinajstić information content (AvgIpc) is 2.81. The topological polar surface area (TPSA) is 102 Å². The molecule has 0 aromatic heterocycles. The number of sulfonamides is 1. The van der Waals surface area contributed by atoms with Gasteiger partial charge < -0.3 is 14.8 Å². The number of anilines is 2. The monoisotopic (exact) mass is 516 g/mol. The molecule has 0 radical (unpaired) electrons. The van der Waals surface area contributed by atoms with E-state index in [1.807, 2.05) is 18.2 Å². The number of halogens is 1. The van der Waals surface area contributed by atoms with Crippen molar-refractivity contribution in [3.05, 3.63) is 83.4 Å². The third-order valence-electron chi connectivity index (χ3n) is 4.89. The number of hydrogen-bond acceptors (Lipinski definition) is 6. The first-order chi connectivity index (χ1) is 16.6. The van der Waals surface area contributed by atoms with E-state index in [2.05, 4.69) is 5.32 Å². The maximum atomic E-state index is 13.0. The maximum absolute atomic E-state index is 13.0. The number of carbonyl (C=O) groups is 2. The van der Waals surface area contributed by atoms with Crippen molar-refractivity contribution in [3.63, 3.8) is 0 Å². The fourth-order valence-electron chi connectivity index (χ4n) is 3.31. The Morgan fingerprint density at radius 1 is 1.00 bits per heavy atom. The van der Waals surface area contributed by atoms with Crippen LogP contribution in [0.4, 0.5) is 11.4 Å². The summed E-state index contributed by atoms with van der Waals surface area (Å²) in [4.78, 5) is 25.1. The normalized spacial score (nSPS) is 11.9. The van der Waals surface area contributed by atoms with E-state index >= 15 is 0 Å². The first kappa shape index (κ1) is 26.1. The molecule has 1 unspecified atom stereocenters. The van der Waals surface area contributed by atoms with Crippen LogP contribution >= 0.6 is 11.6 Å². The van der Waals surface area contributed by atoms with E-state index in [9.17, 15) is 18.0 Å². The largest absolute Gasteiger partial charge is 0.462 e. The summed E-state index contributed by atoms with van der Waals surface area (Å²) in [6.45, 7) is 3.30. The number of nitrogens with zero attached hydrogens (tertiary/aromatic N) is 1. The van der Waals surface area contributed by atoms with E-state index in [0.29, 0.717) is 17.2 Å². The third-order valence-corrected chi connectivity index (χ3v) is 6.46. The van der Waals surface area contributed by atoms with E-state index in [4.69, 9.17) is 21.1 Å². The molecule has 0 saturated heterocycles. The summed E-state index contributed by atoms with van der Waals surface area (Å²) in [6, 6.07) is 18.7. The van der Waals surface area contributed by atoms with Crippen LogP contribution in [0.25, 0.3) is 0 Å². The second-order valence-electron chi connectivity index (χ2n) is 7.55. The van der Waals surface area contributed by atoms with Gasteiger partial charge in [0.05, 0.1) is 29.1 Å². The number of rotatable bonds is 9. The molecule has 3 rings (SSSR count). The third kappa shape index (κ3) is 6.74. The van der Waals surface area contributed by atoms with Crippen molar-refractivity contribution in [3.8, 4) is 11.5 Å². The van der Waals surface area contributed by atoms with E-state index in [1.54, 1.807) is 43.3 Å². The number of esters is 1. The Morgan fingerprint density at radius 2 is 1.63 bits per heavy atom. The summed E-state index contributed by atoms with van der Waals surface area (Å²) >= 11 is 6.07. The minimum absolute atomic E-state index is 0.0907. The number of benzene rings is 3. The van der Waals surface area contributed by atoms with Gasteiger partial charge in [-0.1, -0.05) is 29.8 Å². The molecular weight excluding hydrogens is 492 g/mol. The highest BCUT2D eigenvalue weighted by Gasteiger charge is 2.29. The summed E-state index contributed by atoms with van der Waals surface area (Å²) < 4.78 is 36.9. The van der Waals surface area contributed by atoms with Gasteiger partial charge >= 0.3 is 5.97 Å². The SMILES string of the molecule is CCOC(=O)c1cc(NC(=O)C(C)N(c2ccc(Oc3ccccc3)cc2)S(C)(=O)=O)ccc1Cl. The van der Waals surface area contributed by atoms with Crippen LogP contribution in [0, 0.1) is 0 Å². The molecule has 35 heavy (non-hydrogen) atoms. The molecule has 0 aliphatic rings. The number of nitrogens with one attached hydrogen (secondary N) is 1. The molecule has 10 heteroatoms. The van der Waals surface area contributed by atoms with Gasteiger partial charge in [0.15, 0.2) is 0 Å². The van der Waals surface area contributed by atoms with Crippen LogP contribution in [-0.2, 0) is 19.6 Å². The van der Waals surface area contributed by atoms with Gasteiger partial charge in [0, 0.05) is 5.69 Å². The van der Waals surface area contributed by atoms with Crippen molar-refractivity contribution in [1.82, 2.24) is 0 Å². The Morgan fingerprint density at radius 3 is 2.23 bits per heavy atom. The minimum Gasteiger partial charge on any atom is -0.462 e. The minimum atomic E-state index is -3.83. The van der Waals surface area contributed by atoms with Crippen molar-refractivity contribution >= 4 is 44.9 Å². The van der Waals surface area contributed by atoms with E-state index in [1.165, 1.54) is 25.1 Å². The van der Waals surface area contributed by atoms with Crippen LogP contribution in [0.1, 0.15) is 24.2 Å². The van der Waals surface area contributed by atoms with E-state index < -0.39 is 27.9 Å². The fraction of sp³-hybridized carbons (Fsp3) is 0.200. The van der Waals surface area contributed by atoms with Gasteiger partial charge in [-0.2, -0.15) is 0 Å². The molecule has 1 atom stereocenters. The van der Waals surface area contributed by atoms with Crippen LogP contribution in [0.5, 0.6) is 11.5 Å². The predicted octanol–water partition coefficient (Wildman–Crippen LogP) is 5.10. The standard InChI is InChI=1S/C25H25ClN2O6S/c1-4-33-25(30)22-16-18(10-15-23(22)26)27-24(29)17(2)28(35(3,31)32)19-11-13-21(14-12-19)34-20-8-6-5-7-9-20/h5-17H,4H2,1-3H3,(H,27,29). The molecule has 0 saturated carbocycles. The number of amides is 1. The lowest BCUT2D eigenvalue weighted by molar-refractivity contribution is -0.116. The molecule has 1 N–H and O–H groups in total. The van der Waals surface area contributed by atoms with Gasteiger partial charge in [-0.05, 0) is 68.4 Å². The predicted molar refractivity (Wildman–Crippen MR) is 136 cm³/mol. The smallest absolute Gasteiger partial charge is 0.339 e. The first-order valence-corrected chi connectivity index (χ1v) is 12.9. The van der Waals surface area contributed by atoms with Gasteiger partial charge in [0.1, 0.15) is 17.5 Å². The summed E-state index contributed by atoms with van der Waals surface area (Å²) in [5, 5.41) is 2.81. The Kier molecular flexibility index (Phi) is 8.37. The van der Waals surface area contributed by atoms with Crippen molar-refractivity contribution in [2.75, 3.05) is 22.5 Å². The molecule has 3 aromatic carbocycles. The molecular formula is C25H25ClN2O6S. The first-order valence-electron chi connectivity index (χ1n) is 10.7. The van der Waals surface area contributed by atoms with E-state index in [0.717, 1.165) is 10.6 Å². The average molecular weight is 517 g/mol. The lowest BCUT2D eigenvalue weighted by Crippen LogP contribution is -2.45. The van der Waals surface area contributed by atoms with Crippen LogP contribution < -0.4 is 14.4 Å². The van der Waals surface area contributed by atoms with Crippen molar-refractivity contribution in [1.29, 1.82) is 0 Å². The lowest BCUT2D eigenvalue weighted by Gasteiger charge is -2.28. The summed E-state index contributed by atoms with van der Waals surface area (Å²) in [5.41, 5.74) is 0.654. The molecule has 0 spiro atoms. The molecule has 0 bridgehead atoms. The Bertz CT molecular complexity index is 1300. The van der Waals surface area contributed by atoms with Gasteiger partial charge in [0.25, 0.3) is 0 Å². The highest BCUT2D eigenvalue weighted by Crippen LogP contribution is 2.28.